The molecule has 0 saturated heterocycles. The molecule has 0 fully saturated rings. The Hall–Kier alpha value is -0.630. The van der Waals surface area contributed by atoms with E-state index in [-0.39, 0.29) is 6.04 Å². The molecule has 0 aromatic carbocycles. The zero-order valence-corrected chi connectivity index (χ0v) is 11.4. The number of rotatable bonds is 2. The standard InChI is InChI=1S/C9H11IN4S/c1-5-7(10)8(11)14(13-5)6(2)9-12-3-4-15-9/h3-4,6H,11H2,1-2H3. The lowest BCUT2D eigenvalue weighted by Gasteiger charge is -2.10. The van der Waals surface area contributed by atoms with E-state index in [2.05, 4.69) is 39.6 Å². The number of nitrogens with two attached hydrogens (primary N) is 1. The zero-order valence-electron chi connectivity index (χ0n) is 8.44. The Kier molecular flexibility index (Phi) is 2.96. The molecule has 0 spiro atoms. The highest BCUT2D eigenvalue weighted by Gasteiger charge is 2.17. The van der Waals surface area contributed by atoms with E-state index in [0.29, 0.717) is 0 Å². The van der Waals surface area contributed by atoms with Gasteiger partial charge in [0.15, 0.2) is 0 Å². The molecule has 4 nitrogen and oxygen atoms in total. The van der Waals surface area contributed by atoms with E-state index in [9.17, 15) is 0 Å². The van der Waals surface area contributed by atoms with Gasteiger partial charge in [-0.2, -0.15) is 5.10 Å². The lowest BCUT2D eigenvalue weighted by molar-refractivity contribution is 0.566. The van der Waals surface area contributed by atoms with E-state index < -0.39 is 0 Å². The predicted molar refractivity (Wildman–Crippen MR) is 70.0 cm³/mol. The summed E-state index contributed by atoms with van der Waals surface area (Å²) >= 11 is 3.84. The molecular weight excluding hydrogens is 323 g/mol. The monoisotopic (exact) mass is 334 g/mol. The second-order valence-corrected chi connectivity index (χ2v) is 5.28. The number of anilines is 1. The number of thiazole rings is 1. The van der Waals surface area contributed by atoms with E-state index in [4.69, 9.17) is 5.73 Å². The molecule has 0 amide bonds. The van der Waals surface area contributed by atoms with Gasteiger partial charge in [0, 0.05) is 11.6 Å². The maximum Gasteiger partial charge on any atom is 0.136 e. The average molecular weight is 334 g/mol. The van der Waals surface area contributed by atoms with Crippen LogP contribution in [0.2, 0.25) is 0 Å². The number of nitrogens with zero attached hydrogens (tertiary/aromatic N) is 3. The maximum absolute atomic E-state index is 5.98. The number of nitrogen functional groups attached to an aromatic ring is 1. The van der Waals surface area contributed by atoms with E-state index in [1.165, 1.54) is 0 Å². The van der Waals surface area contributed by atoms with Gasteiger partial charge in [-0.1, -0.05) is 0 Å². The molecular formula is C9H11IN4S. The highest BCUT2D eigenvalue weighted by atomic mass is 127. The Labute approximate surface area is 106 Å². The number of aryl methyl sites for hydroxylation is 1. The highest BCUT2D eigenvalue weighted by molar-refractivity contribution is 14.1. The van der Waals surface area contributed by atoms with Crippen molar-refractivity contribution in [1.29, 1.82) is 0 Å². The van der Waals surface area contributed by atoms with Crippen LogP contribution in [0.5, 0.6) is 0 Å². The SMILES string of the molecule is Cc1nn(C(C)c2nccs2)c(N)c1I. The summed E-state index contributed by atoms with van der Waals surface area (Å²) in [6.45, 7) is 4.01. The minimum absolute atomic E-state index is 0.104. The molecule has 2 rings (SSSR count). The third kappa shape index (κ3) is 1.87. The van der Waals surface area contributed by atoms with Crippen LogP contribution >= 0.6 is 33.9 Å². The highest BCUT2D eigenvalue weighted by Crippen LogP contribution is 2.26. The van der Waals surface area contributed by atoms with Crippen LogP contribution in [0.25, 0.3) is 0 Å². The summed E-state index contributed by atoms with van der Waals surface area (Å²) < 4.78 is 2.85. The largest absolute Gasteiger partial charge is 0.383 e. The minimum atomic E-state index is 0.104. The van der Waals surface area contributed by atoms with Crippen molar-refractivity contribution in [2.45, 2.75) is 19.9 Å². The third-order valence-corrected chi connectivity index (χ3v) is 4.50. The zero-order chi connectivity index (χ0) is 11.0. The average Bonchev–Trinajstić information content (AvgIpc) is 2.82. The van der Waals surface area contributed by atoms with Crippen LogP contribution in [0.4, 0.5) is 5.82 Å². The van der Waals surface area contributed by atoms with Crippen molar-refractivity contribution >= 4 is 39.7 Å². The van der Waals surface area contributed by atoms with Crippen LogP contribution in [-0.2, 0) is 0 Å². The first-order valence-electron chi connectivity index (χ1n) is 4.50. The van der Waals surface area contributed by atoms with E-state index in [1.54, 1.807) is 17.5 Å². The van der Waals surface area contributed by atoms with Crippen LogP contribution in [0.15, 0.2) is 11.6 Å². The van der Waals surface area contributed by atoms with E-state index in [1.807, 2.05) is 17.0 Å². The molecule has 1 unspecified atom stereocenters. The van der Waals surface area contributed by atoms with Crippen LogP contribution in [0, 0.1) is 10.5 Å². The van der Waals surface area contributed by atoms with Crippen molar-refractivity contribution in [2.24, 2.45) is 0 Å². The smallest absolute Gasteiger partial charge is 0.136 e. The number of aromatic nitrogens is 3. The lowest BCUT2D eigenvalue weighted by atomic mass is 10.3. The van der Waals surface area contributed by atoms with Gasteiger partial charge in [-0.05, 0) is 36.4 Å². The summed E-state index contributed by atoms with van der Waals surface area (Å²) in [6, 6.07) is 0.104. The van der Waals surface area contributed by atoms with Crippen LogP contribution in [0.3, 0.4) is 0 Å². The van der Waals surface area contributed by atoms with Crippen molar-refractivity contribution in [3.8, 4) is 0 Å². The number of hydrogen-bond donors (Lipinski definition) is 1. The fourth-order valence-electron chi connectivity index (χ4n) is 1.39. The van der Waals surface area contributed by atoms with Crippen molar-refractivity contribution < 1.29 is 0 Å². The molecule has 80 valence electrons. The molecule has 0 radical (unpaired) electrons. The summed E-state index contributed by atoms with van der Waals surface area (Å²) in [5.41, 5.74) is 6.95. The van der Waals surface area contributed by atoms with Crippen molar-refractivity contribution in [3.05, 3.63) is 25.8 Å². The van der Waals surface area contributed by atoms with Crippen LogP contribution in [-0.4, -0.2) is 14.8 Å². The van der Waals surface area contributed by atoms with Gasteiger partial charge in [0.25, 0.3) is 0 Å². The van der Waals surface area contributed by atoms with Gasteiger partial charge >= 0.3 is 0 Å². The fraction of sp³-hybridized carbons (Fsp3) is 0.333. The van der Waals surface area contributed by atoms with E-state index in [0.717, 1.165) is 20.1 Å². The predicted octanol–water partition coefficient (Wildman–Crippen LogP) is 2.44. The first-order chi connectivity index (χ1) is 7.11. The summed E-state index contributed by atoms with van der Waals surface area (Å²) in [4.78, 5) is 4.27. The molecule has 15 heavy (non-hydrogen) atoms. The number of halogens is 1. The molecule has 0 aliphatic rings. The minimum Gasteiger partial charge on any atom is -0.383 e. The summed E-state index contributed by atoms with van der Waals surface area (Å²) in [5.74, 6) is 0.718. The first-order valence-corrected chi connectivity index (χ1v) is 6.46. The molecule has 1 atom stereocenters. The normalized spacial score (nSPS) is 13.0. The topological polar surface area (TPSA) is 56.7 Å². The van der Waals surface area contributed by atoms with Gasteiger partial charge in [0.2, 0.25) is 0 Å². The summed E-state index contributed by atoms with van der Waals surface area (Å²) in [7, 11) is 0. The number of hydrogen-bond acceptors (Lipinski definition) is 4. The van der Waals surface area contributed by atoms with Gasteiger partial charge in [-0.3, -0.25) is 0 Å². The fourth-order valence-corrected chi connectivity index (χ4v) is 2.42. The molecule has 6 heteroatoms. The third-order valence-electron chi connectivity index (χ3n) is 2.22. The molecule has 2 heterocycles. The Morgan fingerprint density at radius 1 is 1.60 bits per heavy atom. The summed E-state index contributed by atoms with van der Waals surface area (Å²) in [6.07, 6.45) is 1.80. The van der Waals surface area contributed by atoms with E-state index >= 15 is 0 Å². The molecule has 2 aromatic heterocycles. The Morgan fingerprint density at radius 3 is 2.80 bits per heavy atom. The molecule has 0 aliphatic carbocycles. The quantitative estimate of drug-likeness (QED) is 0.859. The maximum atomic E-state index is 5.98. The van der Waals surface area contributed by atoms with Crippen molar-refractivity contribution in [3.63, 3.8) is 0 Å². The molecule has 2 aromatic rings. The van der Waals surface area contributed by atoms with Crippen molar-refractivity contribution in [2.75, 3.05) is 5.73 Å². The van der Waals surface area contributed by atoms with Gasteiger partial charge in [0.1, 0.15) is 16.9 Å². The Morgan fingerprint density at radius 2 is 2.33 bits per heavy atom. The molecule has 2 N–H and O–H groups in total. The van der Waals surface area contributed by atoms with Gasteiger partial charge in [-0.25, -0.2) is 9.67 Å². The molecule has 0 saturated carbocycles. The Balaban J connectivity index is 2.42. The molecule has 0 aliphatic heterocycles. The van der Waals surface area contributed by atoms with Crippen LogP contribution < -0.4 is 5.73 Å². The van der Waals surface area contributed by atoms with Gasteiger partial charge in [-0.15, -0.1) is 11.3 Å². The first kappa shape index (κ1) is 10.9. The van der Waals surface area contributed by atoms with Gasteiger partial charge in [0.05, 0.1) is 9.26 Å². The summed E-state index contributed by atoms with van der Waals surface area (Å²) in [5, 5.41) is 7.41. The Bertz CT molecular complexity index is 463. The second-order valence-electron chi connectivity index (χ2n) is 3.28. The van der Waals surface area contributed by atoms with Crippen LogP contribution in [0.1, 0.15) is 23.7 Å². The molecule has 0 bridgehead atoms. The van der Waals surface area contributed by atoms with Gasteiger partial charge < -0.3 is 5.73 Å². The van der Waals surface area contributed by atoms with Crippen molar-refractivity contribution in [1.82, 2.24) is 14.8 Å². The lowest BCUT2D eigenvalue weighted by Crippen LogP contribution is -2.11. The second kappa shape index (κ2) is 4.09.